The lowest BCUT2D eigenvalue weighted by atomic mass is 10.2. The molecule has 0 radical (unpaired) electrons. The van der Waals surface area contributed by atoms with Crippen LogP contribution in [0.5, 0.6) is 5.75 Å². The van der Waals surface area contributed by atoms with Crippen molar-refractivity contribution in [1.29, 1.82) is 0 Å². The summed E-state index contributed by atoms with van der Waals surface area (Å²) in [6.45, 7) is 7.88. The van der Waals surface area contributed by atoms with Gasteiger partial charge in [-0.05, 0) is 41.4 Å². The summed E-state index contributed by atoms with van der Waals surface area (Å²) in [6, 6.07) is 5.63. The number of carbonyl (C=O) groups is 2. The van der Waals surface area contributed by atoms with Gasteiger partial charge in [-0.25, -0.2) is 4.79 Å². The van der Waals surface area contributed by atoms with E-state index in [1.807, 2.05) is 25.1 Å². The number of halogens is 1. The Morgan fingerprint density at radius 1 is 1.33 bits per heavy atom. The number of aliphatic carboxylic acids is 1. The Balaban J connectivity index is 0.000000411. The Morgan fingerprint density at radius 2 is 1.83 bits per heavy atom. The number of hydrogen-bond donors (Lipinski definition) is 1. The summed E-state index contributed by atoms with van der Waals surface area (Å²) in [5, 5.41) is 7.89. The first kappa shape index (κ1) is 16.4. The molecule has 0 unspecified atom stereocenters. The fourth-order valence-electron chi connectivity index (χ4n) is 0.890. The number of para-hydroxylation sites is 1. The highest BCUT2D eigenvalue weighted by molar-refractivity contribution is 9.10. The summed E-state index contributed by atoms with van der Waals surface area (Å²) in [5.41, 5.74) is 1.12. The molecule has 0 heterocycles. The normalized spacial score (nSPS) is 8.89. The molecule has 1 rings (SSSR count). The molecule has 1 aromatic rings. The van der Waals surface area contributed by atoms with Gasteiger partial charge in [0.25, 0.3) is 0 Å². The molecule has 0 aliphatic carbocycles. The number of aryl methyl sites for hydroxylation is 1. The van der Waals surface area contributed by atoms with Crippen LogP contribution in [0.15, 0.2) is 34.8 Å². The van der Waals surface area contributed by atoms with Crippen molar-refractivity contribution < 1.29 is 19.4 Å². The van der Waals surface area contributed by atoms with Gasteiger partial charge in [0, 0.05) is 12.5 Å². The van der Waals surface area contributed by atoms with Crippen LogP contribution >= 0.6 is 15.9 Å². The zero-order chi connectivity index (χ0) is 14.3. The second-order valence-corrected chi connectivity index (χ2v) is 4.42. The second-order valence-electron chi connectivity index (χ2n) is 3.56. The third kappa shape index (κ3) is 6.20. The second kappa shape index (κ2) is 7.66. The fraction of sp³-hybridized carbons (Fsp3) is 0.231. The predicted octanol–water partition coefficient (Wildman–Crippen LogP) is 3.33. The van der Waals surface area contributed by atoms with Gasteiger partial charge in [0.2, 0.25) is 0 Å². The average molecular weight is 315 g/mol. The Hall–Kier alpha value is -1.62. The molecule has 18 heavy (non-hydrogen) atoms. The summed E-state index contributed by atoms with van der Waals surface area (Å²) in [6.07, 6.45) is 0. The van der Waals surface area contributed by atoms with Crippen LogP contribution in [0.4, 0.5) is 0 Å². The van der Waals surface area contributed by atoms with Crippen molar-refractivity contribution in [1.82, 2.24) is 0 Å². The predicted molar refractivity (Wildman–Crippen MR) is 72.6 cm³/mol. The highest BCUT2D eigenvalue weighted by Crippen LogP contribution is 2.28. The third-order valence-corrected chi connectivity index (χ3v) is 2.40. The zero-order valence-electron chi connectivity index (χ0n) is 10.5. The molecular weight excluding hydrogens is 300 g/mol. The number of carboxylic acids is 1. The van der Waals surface area contributed by atoms with Gasteiger partial charge in [-0.15, -0.1) is 0 Å². The van der Waals surface area contributed by atoms with Gasteiger partial charge in [-0.2, -0.15) is 0 Å². The first-order valence-electron chi connectivity index (χ1n) is 5.08. The number of rotatable bonds is 2. The Bertz CT molecular complexity index is 434. The molecule has 0 saturated heterocycles. The topological polar surface area (TPSA) is 63.6 Å². The van der Waals surface area contributed by atoms with E-state index in [4.69, 9.17) is 9.84 Å². The van der Waals surface area contributed by atoms with E-state index in [1.54, 1.807) is 0 Å². The summed E-state index contributed by atoms with van der Waals surface area (Å²) < 4.78 is 5.79. The highest BCUT2D eigenvalue weighted by Gasteiger charge is 2.05. The average Bonchev–Trinajstić information content (AvgIpc) is 2.24. The molecule has 5 heteroatoms. The van der Waals surface area contributed by atoms with Crippen LogP contribution in [-0.4, -0.2) is 17.0 Å². The van der Waals surface area contributed by atoms with Crippen molar-refractivity contribution in [2.75, 3.05) is 0 Å². The zero-order valence-corrected chi connectivity index (χ0v) is 12.1. The summed E-state index contributed by atoms with van der Waals surface area (Å²) in [7, 11) is 0. The molecular formula is C13H15BrO4. The number of ether oxygens (including phenoxy) is 1. The van der Waals surface area contributed by atoms with E-state index in [2.05, 4.69) is 22.5 Å². The molecule has 0 atom stereocenters. The minimum atomic E-state index is -0.935. The lowest BCUT2D eigenvalue weighted by molar-refractivity contribution is -0.133. The minimum absolute atomic E-state index is 0.176. The minimum Gasteiger partial charge on any atom is -0.478 e. The van der Waals surface area contributed by atoms with E-state index in [0.29, 0.717) is 5.75 Å². The fourth-order valence-corrected chi connectivity index (χ4v) is 1.44. The van der Waals surface area contributed by atoms with Gasteiger partial charge < -0.3 is 9.84 Å². The molecule has 0 aliphatic heterocycles. The van der Waals surface area contributed by atoms with Crippen LogP contribution in [0.25, 0.3) is 0 Å². The number of hydrogen-bond acceptors (Lipinski definition) is 3. The van der Waals surface area contributed by atoms with Crippen molar-refractivity contribution in [3.63, 3.8) is 0 Å². The SMILES string of the molecule is C=C(C)C(=O)O.CC(=O)Oc1c(C)cccc1Br. The van der Waals surface area contributed by atoms with E-state index >= 15 is 0 Å². The molecule has 1 aromatic carbocycles. The molecule has 4 nitrogen and oxygen atoms in total. The first-order valence-corrected chi connectivity index (χ1v) is 5.87. The Kier molecular flexibility index (Phi) is 6.97. The van der Waals surface area contributed by atoms with Gasteiger partial charge in [0.05, 0.1) is 4.47 Å². The standard InChI is InChI=1S/C9H9BrO2.C4H6O2/c1-6-4-3-5-8(10)9(6)12-7(2)11;1-3(2)4(5)6/h3-5H,1-2H3;1H2,2H3,(H,5,6). The van der Waals surface area contributed by atoms with Gasteiger partial charge in [0.15, 0.2) is 0 Å². The summed E-state index contributed by atoms with van der Waals surface area (Å²) in [4.78, 5) is 20.3. The lowest BCUT2D eigenvalue weighted by Crippen LogP contribution is -2.03. The molecule has 0 aliphatic rings. The molecule has 1 N–H and O–H groups in total. The van der Waals surface area contributed by atoms with Crippen molar-refractivity contribution in [3.8, 4) is 5.75 Å². The van der Waals surface area contributed by atoms with Crippen molar-refractivity contribution in [2.24, 2.45) is 0 Å². The molecule has 98 valence electrons. The van der Waals surface area contributed by atoms with E-state index in [9.17, 15) is 9.59 Å². The van der Waals surface area contributed by atoms with Crippen LogP contribution < -0.4 is 4.74 Å². The maximum Gasteiger partial charge on any atom is 0.330 e. The van der Waals surface area contributed by atoms with Gasteiger partial charge in [-0.1, -0.05) is 18.7 Å². The molecule has 0 bridgehead atoms. The van der Waals surface area contributed by atoms with Crippen LogP contribution in [0.2, 0.25) is 0 Å². The molecule has 0 fully saturated rings. The van der Waals surface area contributed by atoms with E-state index in [-0.39, 0.29) is 11.5 Å². The summed E-state index contributed by atoms with van der Waals surface area (Å²) >= 11 is 3.30. The van der Waals surface area contributed by atoms with Gasteiger partial charge >= 0.3 is 11.9 Å². The van der Waals surface area contributed by atoms with Crippen LogP contribution in [0, 0.1) is 6.92 Å². The molecule has 0 spiro atoms. The van der Waals surface area contributed by atoms with Crippen molar-refractivity contribution >= 4 is 27.9 Å². The number of esters is 1. The van der Waals surface area contributed by atoms with Crippen LogP contribution in [0.1, 0.15) is 19.4 Å². The monoisotopic (exact) mass is 314 g/mol. The highest BCUT2D eigenvalue weighted by atomic mass is 79.9. The van der Waals surface area contributed by atoms with E-state index in [0.717, 1.165) is 10.0 Å². The molecule has 0 saturated carbocycles. The quantitative estimate of drug-likeness (QED) is 0.516. The van der Waals surface area contributed by atoms with Crippen molar-refractivity contribution in [3.05, 3.63) is 40.4 Å². The lowest BCUT2D eigenvalue weighted by Gasteiger charge is -2.06. The molecule has 0 amide bonds. The van der Waals surface area contributed by atoms with Crippen LogP contribution in [-0.2, 0) is 9.59 Å². The smallest absolute Gasteiger partial charge is 0.330 e. The number of carbonyl (C=O) groups excluding carboxylic acids is 1. The van der Waals surface area contributed by atoms with E-state index in [1.165, 1.54) is 13.8 Å². The first-order chi connectivity index (χ1) is 8.25. The largest absolute Gasteiger partial charge is 0.478 e. The number of benzene rings is 1. The van der Waals surface area contributed by atoms with Gasteiger partial charge in [0.1, 0.15) is 5.75 Å². The Morgan fingerprint density at radius 3 is 2.17 bits per heavy atom. The maximum absolute atomic E-state index is 10.7. The third-order valence-electron chi connectivity index (χ3n) is 1.77. The van der Waals surface area contributed by atoms with Crippen LogP contribution in [0.3, 0.4) is 0 Å². The molecule has 0 aromatic heterocycles. The van der Waals surface area contributed by atoms with E-state index < -0.39 is 5.97 Å². The van der Waals surface area contributed by atoms with Crippen molar-refractivity contribution in [2.45, 2.75) is 20.8 Å². The Labute approximate surface area is 114 Å². The van der Waals surface area contributed by atoms with Gasteiger partial charge in [-0.3, -0.25) is 4.79 Å². The maximum atomic E-state index is 10.7. The summed E-state index contributed by atoms with van der Waals surface area (Å²) in [5.74, 6) is -0.634. The number of carboxylic acid groups (broad SMARTS) is 1.